The second kappa shape index (κ2) is 6.99. The van der Waals surface area contributed by atoms with Crippen molar-refractivity contribution >= 4 is 17.8 Å². The second-order valence-corrected chi connectivity index (χ2v) is 4.91. The number of carbonyl (C=O) groups is 3. The highest BCUT2D eigenvalue weighted by molar-refractivity contribution is 6.00. The molecule has 0 saturated carbocycles. The van der Waals surface area contributed by atoms with Crippen molar-refractivity contribution in [2.24, 2.45) is 0 Å². The summed E-state index contributed by atoms with van der Waals surface area (Å²) in [7, 11) is 1.33. The van der Waals surface area contributed by atoms with Gasteiger partial charge in [-0.2, -0.15) is 0 Å². The first-order valence-electron chi connectivity index (χ1n) is 6.81. The lowest BCUT2D eigenvalue weighted by molar-refractivity contribution is -0.142. The third kappa shape index (κ3) is 4.13. The van der Waals surface area contributed by atoms with Crippen molar-refractivity contribution in [3.05, 3.63) is 35.9 Å². The van der Waals surface area contributed by atoms with E-state index in [2.05, 4.69) is 10.6 Å². The summed E-state index contributed by atoms with van der Waals surface area (Å²) >= 11 is 0. The summed E-state index contributed by atoms with van der Waals surface area (Å²) in [5, 5.41) is 5.44. The number of hydrogen-bond donors (Lipinski definition) is 2. The topological polar surface area (TPSA) is 84.5 Å². The molecule has 2 rings (SSSR count). The molecule has 1 aromatic carbocycles. The number of nitrogens with one attached hydrogen (secondary N) is 2. The highest BCUT2D eigenvalue weighted by Gasteiger charge is 2.29. The smallest absolute Gasteiger partial charge is 0.307 e. The number of methoxy groups -OCH3 is 1. The molecule has 1 aliphatic heterocycles. The van der Waals surface area contributed by atoms with Crippen LogP contribution in [0.2, 0.25) is 0 Å². The van der Waals surface area contributed by atoms with Gasteiger partial charge in [-0.05, 0) is 12.0 Å². The third-order valence-corrected chi connectivity index (χ3v) is 3.44. The van der Waals surface area contributed by atoms with E-state index >= 15 is 0 Å². The van der Waals surface area contributed by atoms with E-state index in [1.54, 1.807) is 0 Å². The summed E-state index contributed by atoms with van der Waals surface area (Å²) in [6.45, 7) is 0. The van der Waals surface area contributed by atoms with Crippen molar-refractivity contribution in [1.29, 1.82) is 0 Å². The Kier molecular flexibility index (Phi) is 5.05. The second-order valence-electron chi connectivity index (χ2n) is 4.91. The minimum Gasteiger partial charge on any atom is -0.469 e. The zero-order valence-corrected chi connectivity index (χ0v) is 11.8. The maximum atomic E-state index is 11.8. The van der Waals surface area contributed by atoms with Crippen LogP contribution in [0.1, 0.15) is 30.9 Å². The first kappa shape index (κ1) is 15.2. The normalized spacial score (nSPS) is 19.8. The summed E-state index contributed by atoms with van der Waals surface area (Å²) in [5.74, 6) is -0.969. The molecule has 6 heteroatoms. The van der Waals surface area contributed by atoms with E-state index < -0.39 is 6.04 Å². The Morgan fingerprint density at radius 2 is 2.10 bits per heavy atom. The molecule has 1 saturated heterocycles. The fourth-order valence-corrected chi connectivity index (χ4v) is 2.30. The average Bonchev–Trinajstić information content (AvgIpc) is 2.49. The summed E-state index contributed by atoms with van der Waals surface area (Å²) in [6, 6.07) is 8.56. The average molecular weight is 290 g/mol. The highest BCUT2D eigenvalue weighted by atomic mass is 16.5. The Hall–Kier alpha value is -2.21. The first-order chi connectivity index (χ1) is 10.1. The van der Waals surface area contributed by atoms with Gasteiger partial charge in [-0.3, -0.25) is 25.0 Å². The van der Waals surface area contributed by atoms with E-state index in [1.165, 1.54) is 7.11 Å². The number of benzene rings is 1. The van der Waals surface area contributed by atoms with E-state index in [0.717, 1.165) is 5.56 Å². The van der Waals surface area contributed by atoms with Crippen LogP contribution in [0.25, 0.3) is 0 Å². The minimum absolute atomic E-state index is 0.123. The van der Waals surface area contributed by atoms with Gasteiger partial charge >= 0.3 is 5.97 Å². The predicted molar refractivity (Wildman–Crippen MR) is 75.1 cm³/mol. The van der Waals surface area contributed by atoms with E-state index in [0.29, 0.717) is 12.8 Å². The molecule has 2 amide bonds. The molecule has 0 aliphatic carbocycles. The van der Waals surface area contributed by atoms with Crippen molar-refractivity contribution in [2.45, 2.75) is 31.3 Å². The number of ether oxygens (including phenoxy) is 1. The van der Waals surface area contributed by atoms with Crippen LogP contribution in [-0.2, 0) is 19.1 Å². The predicted octanol–water partition coefficient (Wildman–Crippen LogP) is 0.686. The number of amides is 2. The maximum absolute atomic E-state index is 11.8. The van der Waals surface area contributed by atoms with Crippen LogP contribution in [0.4, 0.5) is 0 Å². The number of esters is 1. The number of imide groups is 1. The van der Waals surface area contributed by atoms with Crippen LogP contribution in [0.15, 0.2) is 30.3 Å². The molecule has 1 heterocycles. The van der Waals surface area contributed by atoms with Gasteiger partial charge in [0.05, 0.1) is 19.6 Å². The molecule has 1 aromatic rings. The molecule has 2 N–H and O–H groups in total. The van der Waals surface area contributed by atoms with Gasteiger partial charge in [-0.15, -0.1) is 0 Å². The molecule has 0 aromatic heterocycles. The van der Waals surface area contributed by atoms with E-state index in [4.69, 9.17) is 4.74 Å². The lowest BCUT2D eigenvalue weighted by Crippen LogP contribution is -2.51. The van der Waals surface area contributed by atoms with E-state index in [9.17, 15) is 14.4 Å². The maximum Gasteiger partial charge on any atom is 0.307 e. The summed E-state index contributed by atoms with van der Waals surface area (Å²) in [6.07, 6.45) is 0.844. The molecule has 2 unspecified atom stereocenters. The molecule has 6 nitrogen and oxygen atoms in total. The molecule has 21 heavy (non-hydrogen) atoms. The van der Waals surface area contributed by atoms with Crippen molar-refractivity contribution in [2.75, 3.05) is 7.11 Å². The Labute approximate surface area is 122 Å². The Morgan fingerprint density at radius 1 is 1.38 bits per heavy atom. The van der Waals surface area contributed by atoms with Crippen LogP contribution >= 0.6 is 0 Å². The van der Waals surface area contributed by atoms with Gasteiger partial charge < -0.3 is 4.74 Å². The SMILES string of the molecule is COC(=O)CC(NC1CCC(=O)NC1=O)c1ccccc1. The minimum atomic E-state index is -0.488. The number of piperidine rings is 1. The standard InChI is InChI=1S/C15H18N2O4/c1-21-14(19)9-12(10-5-3-2-4-6-10)16-11-7-8-13(18)17-15(11)20/h2-6,11-12,16H,7-9H2,1H3,(H,17,18,20). The van der Waals surface area contributed by atoms with Crippen LogP contribution in [0.5, 0.6) is 0 Å². The van der Waals surface area contributed by atoms with E-state index in [1.807, 2.05) is 30.3 Å². The summed E-state index contributed by atoms with van der Waals surface area (Å²) in [4.78, 5) is 34.5. The third-order valence-electron chi connectivity index (χ3n) is 3.44. The first-order valence-corrected chi connectivity index (χ1v) is 6.81. The van der Waals surface area contributed by atoms with Crippen molar-refractivity contribution in [3.8, 4) is 0 Å². The molecule has 0 spiro atoms. The zero-order valence-electron chi connectivity index (χ0n) is 11.8. The van der Waals surface area contributed by atoms with Crippen LogP contribution in [-0.4, -0.2) is 30.9 Å². The largest absolute Gasteiger partial charge is 0.469 e. The van der Waals surface area contributed by atoms with Gasteiger partial charge in [0.2, 0.25) is 11.8 Å². The molecule has 1 aliphatic rings. The summed E-state index contributed by atoms with van der Waals surface area (Å²) < 4.78 is 4.70. The fourth-order valence-electron chi connectivity index (χ4n) is 2.30. The lowest BCUT2D eigenvalue weighted by atomic mass is 9.99. The van der Waals surface area contributed by atoms with Crippen molar-refractivity contribution in [1.82, 2.24) is 10.6 Å². The van der Waals surface area contributed by atoms with Gasteiger partial charge in [-0.25, -0.2) is 0 Å². The van der Waals surface area contributed by atoms with E-state index in [-0.39, 0.29) is 30.2 Å². The van der Waals surface area contributed by atoms with Crippen molar-refractivity contribution in [3.63, 3.8) is 0 Å². The molecule has 0 bridgehead atoms. The highest BCUT2D eigenvalue weighted by Crippen LogP contribution is 2.19. The van der Waals surface area contributed by atoms with Gasteiger partial charge in [0.1, 0.15) is 0 Å². The molecule has 0 radical (unpaired) electrons. The lowest BCUT2D eigenvalue weighted by Gasteiger charge is -2.27. The van der Waals surface area contributed by atoms with Gasteiger partial charge in [0.25, 0.3) is 0 Å². The number of carbonyl (C=O) groups excluding carboxylic acids is 3. The fraction of sp³-hybridized carbons (Fsp3) is 0.400. The van der Waals surface area contributed by atoms with Crippen LogP contribution < -0.4 is 10.6 Å². The number of rotatable bonds is 5. The van der Waals surface area contributed by atoms with Gasteiger partial charge in [-0.1, -0.05) is 30.3 Å². The molecular formula is C15H18N2O4. The molecular weight excluding hydrogens is 272 g/mol. The Balaban J connectivity index is 2.10. The monoisotopic (exact) mass is 290 g/mol. The zero-order chi connectivity index (χ0) is 15.2. The Morgan fingerprint density at radius 3 is 2.71 bits per heavy atom. The molecule has 1 fully saturated rings. The van der Waals surface area contributed by atoms with Crippen molar-refractivity contribution < 1.29 is 19.1 Å². The van der Waals surface area contributed by atoms with Gasteiger partial charge in [0.15, 0.2) is 0 Å². The summed E-state index contributed by atoms with van der Waals surface area (Å²) in [5.41, 5.74) is 0.896. The number of hydrogen-bond acceptors (Lipinski definition) is 5. The quantitative estimate of drug-likeness (QED) is 0.615. The molecule has 112 valence electrons. The van der Waals surface area contributed by atoms with Crippen LogP contribution in [0.3, 0.4) is 0 Å². The van der Waals surface area contributed by atoms with Crippen LogP contribution in [0, 0.1) is 0 Å². The van der Waals surface area contributed by atoms with Gasteiger partial charge in [0, 0.05) is 12.5 Å². The Bertz CT molecular complexity index is 530. The molecule has 2 atom stereocenters.